The highest BCUT2D eigenvalue weighted by atomic mass is 16.2. The smallest absolute Gasteiger partial charge is 0.274 e. The number of aryl methyl sites for hydroxylation is 1. The van der Waals surface area contributed by atoms with Crippen molar-refractivity contribution < 1.29 is 9.59 Å². The first-order chi connectivity index (χ1) is 12.3. The van der Waals surface area contributed by atoms with E-state index in [1.165, 1.54) is 5.57 Å². The number of H-pyrrole nitrogens is 1. The van der Waals surface area contributed by atoms with Gasteiger partial charge in [-0.05, 0) is 40.0 Å². The molecule has 0 unspecified atom stereocenters. The number of hydrogen-bond acceptors (Lipinski definition) is 3. The van der Waals surface area contributed by atoms with Crippen LogP contribution in [0.1, 0.15) is 61.8 Å². The predicted octanol–water partition coefficient (Wildman–Crippen LogP) is 2.70. The number of hydrogen-bond donors (Lipinski definition) is 1. The number of amides is 2. The van der Waals surface area contributed by atoms with Crippen LogP contribution in [-0.4, -0.2) is 58.0 Å². The van der Waals surface area contributed by atoms with E-state index in [1.807, 2.05) is 16.7 Å². The zero-order valence-corrected chi connectivity index (χ0v) is 16.4. The van der Waals surface area contributed by atoms with Gasteiger partial charge >= 0.3 is 0 Å². The van der Waals surface area contributed by atoms with Crippen LogP contribution in [-0.2, 0) is 11.2 Å². The summed E-state index contributed by atoms with van der Waals surface area (Å²) in [7, 11) is 0. The van der Waals surface area contributed by atoms with Crippen molar-refractivity contribution in [3.63, 3.8) is 0 Å². The average molecular weight is 358 g/mol. The molecule has 1 spiro atoms. The second-order valence-corrected chi connectivity index (χ2v) is 8.05. The third-order valence-corrected chi connectivity index (χ3v) is 5.90. The van der Waals surface area contributed by atoms with Gasteiger partial charge in [0, 0.05) is 49.3 Å². The number of carbonyl (C=O) groups is 2. The Morgan fingerprint density at radius 2 is 2.00 bits per heavy atom. The van der Waals surface area contributed by atoms with Gasteiger partial charge in [0.25, 0.3) is 5.91 Å². The van der Waals surface area contributed by atoms with E-state index in [0.29, 0.717) is 31.7 Å². The van der Waals surface area contributed by atoms with Gasteiger partial charge in [-0.2, -0.15) is 5.10 Å². The molecule has 6 nitrogen and oxygen atoms in total. The summed E-state index contributed by atoms with van der Waals surface area (Å²) in [6, 6.07) is 0. The van der Waals surface area contributed by atoms with Crippen LogP contribution in [0.15, 0.2) is 11.6 Å². The van der Waals surface area contributed by atoms with Crippen LogP contribution in [0, 0.1) is 12.3 Å². The van der Waals surface area contributed by atoms with E-state index in [0.717, 1.165) is 37.1 Å². The lowest BCUT2D eigenvalue weighted by Gasteiger charge is -2.38. The number of piperidine rings is 1. The zero-order chi connectivity index (χ0) is 18.9. The quantitative estimate of drug-likeness (QED) is 0.842. The van der Waals surface area contributed by atoms with E-state index >= 15 is 0 Å². The summed E-state index contributed by atoms with van der Waals surface area (Å²) in [6.45, 7) is 11.1. The molecule has 0 aliphatic carbocycles. The fourth-order valence-electron chi connectivity index (χ4n) is 4.10. The first-order valence-corrected chi connectivity index (χ1v) is 9.59. The van der Waals surface area contributed by atoms with Gasteiger partial charge in [0.2, 0.25) is 5.91 Å². The van der Waals surface area contributed by atoms with E-state index in [9.17, 15) is 9.59 Å². The molecule has 2 amide bonds. The summed E-state index contributed by atoms with van der Waals surface area (Å²) >= 11 is 0. The molecule has 0 radical (unpaired) electrons. The molecule has 3 rings (SSSR count). The molecule has 2 fully saturated rings. The standard InChI is InChI=1S/C20H30N4O2/c1-5-16-15(4)18(22-21-16)19(26)23-10-7-20(8-11-23)12-17(25)24(13-20)9-6-14(2)3/h6H,5,7-13H2,1-4H3,(H,21,22). The number of aromatic nitrogens is 2. The van der Waals surface area contributed by atoms with Gasteiger partial charge in [-0.3, -0.25) is 14.7 Å². The van der Waals surface area contributed by atoms with Crippen LogP contribution in [0.2, 0.25) is 0 Å². The first kappa shape index (κ1) is 18.7. The van der Waals surface area contributed by atoms with Crippen molar-refractivity contribution >= 4 is 11.8 Å². The van der Waals surface area contributed by atoms with Gasteiger partial charge in [0.05, 0.1) is 0 Å². The van der Waals surface area contributed by atoms with Gasteiger partial charge < -0.3 is 9.80 Å². The third-order valence-electron chi connectivity index (χ3n) is 5.90. The van der Waals surface area contributed by atoms with Gasteiger partial charge in [-0.25, -0.2) is 0 Å². The highest BCUT2D eigenvalue weighted by Gasteiger charge is 2.45. The van der Waals surface area contributed by atoms with Crippen LogP contribution >= 0.6 is 0 Å². The van der Waals surface area contributed by atoms with Crippen molar-refractivity contribution in [1.29, 1.82) is 0 Å². The molecule has 0 atom stereocenters. The predicted molar refractivity (Wildman–Crippen MR) is 101 cm³/mol. The summed E-state index contributed by atoms with van der Waals surface area (Å²) < 4.78 is 0. The van der Waals surface area contributed by atoms with Gasteiger partial charge in [-0.1, -0.05) is 18.6 Å². The summed E-state index contributed by atoms with van der Waals surface area (Å²) in [5.41, 5.74) is 3.81. The maximum absolute atomic E-state index is 12.8. The maximum Gasteiger partial charge on any atom is 0.274 e. The largest absolute Gasteiger partial charge is 0.338 e. The van der Waals surface area contributed by atoms with Crippen molar-refractivity contribution in [2.24, 2.45) is 5.41 Å². The number of nitrogens with one attached hydrogen (secondary N) is 1. The third kappa shape index (κ3) is 3.55. The monoisotopic (exact) mass is 358 g/mol. The minimum Gasteiger partial charge on any atom is -0.338 e. The molecular weight excluding hydrogens is 328 g/mol. The highest BCUT2D eigenvalue weighted by Crippen LogP contribution is 2.41. The van der Waals surface area contributed by atoms with Gasteiger partial charge in [-0.15, -0.1) is 0 Å². The van der Waals surface area contributed by atoms with Crippen molar-refractivity contribution in [2.75, 3.05) is 26.2 Å². The molecule has 0 bridgehead atoms. The van der Waals surface area contributed by atoms with Gasteiger partial charge in [0.15, 0.2) is 5.69 Å². The maximum atomic E-state index is 12.8. The fourth-order valence-corrected chi connectivity index (χ4v) is 4.10. The fraction of sp³-hybridized carbons (Fsp3) is 0.650. The highest BCUT2D eigenvalue weighted by molar-refractivity contribution is 5.94. The molecule has 6 heteroatoms. The zero-order valence-electron chi connectivity index (χ0n) is 16.4. The van der Waals surface area contributed by atoms with E-state index in [-0.39, 0.29) is 17.2 Å². The second-order valence-electron chi connectivity index (χ2n) is 8.05. The molecule has 1 aromatic heterocycles. The number of rotatable bonds is 4. The lowest BCUT2D eigenvalue weighted by atomic mass is 9.77. The minimum absolute atomic E-state index is 0.0130. The summed E-state index contributed by atoms with van der Waals surface area (Å²) in [5, 5.41) is 7.20. The Morgan fingerprint density at radius 3 is 2.58 bits per heavy atom. The molecule has 142 valence electrons. The van der Waals surface area contributed by atoms with Crippen LogP contribution in [0.25, 0.3) is 0 Å². The Bertz CT molecular complexity index is 722. The molecule has 1 N–H and O–H groups in total. The summed E-state index contributed by atoms with van der Waals surface area (Å²) in [5.74, 6) is 0.261. The Balaban J connectivity index is 1.62. The summed E-state index contributed by atoms with van der Waals surface area (Å²) in [4.78, 5) is 29.1. The molecule has 3 heterocycles. The molecule has 26 heavy (non-hydrogen) atoms. The molecular formula is C20H30N4O2. The Hall–Kier alpha value is -2.11. The Labute approximate surface area is 155 Å². The van der Waals surface area contributed by atoms with Gasteiger partial charge in [0.1, 0.15) is 0 Å². The van der Waals surface area contributed by atoms with Crippen LogP contribution in [0.3, 0.4) is 0 Å². The van der Waals surface area contributed by atoms with E-state index in [2.05, 4.69) is 37.0 Å². The first-order valence-electron chi connectivity index (χ1n) is 9.59. The minimum atomic E-state index is 0.0130. The lowest BCUT2D eigenvalue weighted by molar-refractivity contribution is -0.127. The topological polar surface area (TPSA) is 69.3 Å². The second kappa shape index (κ2) is 7.25. The Kier molecular flexibility index (Phi) is 5.21. The van der Waals surface area contributed by atoms with Crippen LogP contribution in [0.5, 0.6) is 0 Å². The SMILES string of the molecule is CCc1[nH]nc(C(=O)N2CCC3(CC2)CC(=O)N(CC=C(C)C)C3)c1C. The van der Waals surface area contributed by atoms with Crippen LogP contribution < -0.4 is 0 Å². The molecule has 0 saturated carbocycles. The number of allylic oxidation sites excluding steroid dienone is 1. The lowest BCUT2D eigenvalue weighted by Crippen LogP contribution is -2.44. The van der Waals surface area contributed by atoms with Crippen molar-refractivity contribution in [3.8, 4) is 0 Å². The average Bonchev–Trinajstić information content (AvgIpc) is 3.13. The van der Waals surface area contributed by atoms with Crippen LogP contribution in [0.4, 0.5) is 0 Å². The van der Waals surface area contributed by atoms with Crippen molar-refractivity contribution in [3.05, 3.63) is 28.6 Å². The van der Waals surface area contributed by atoms with E-state index in [4.69, 9.17) is 0 Å². The molecule has 2 aliphatic heterocycles. The molecule has 2 aliphatic rings. The molecule has 1 aromatic rings. The normalized spacial score (nSPS) is 19.3. The number of nitrogens with zero attached hydrogens (tertiary/aromatic N) is 3. The van der Waals surface area contributed by atoms with Crippen molar-refractivity contribution in [2.45, 2.75) is 53.4 Å². The van der Waals surface area contributed by atoms with Crippen molar-refractivity contribution in [1.82, 2.24) is 20.0 Å². The van der Waals surface area contributed by atoms with E-state index < -0.39 is 0 Å². The number of carbonyl (C=O) groups excluding carboxylic acids is 2. The molecule has 0 aromatic carbocycles. The number of likely N-dealkylation sites (tertiary alicyclic amines) is 2. The van der Waals surface area contributed by atoms with E-state index in [1.54, 1.807) is 0 Å². The Morgan fingerprint density at radius 1 is 1.31 bits per heavy atom. The summed E-state index contributed by atoms with van der Waals surface area (Å²) in [6.07, 6.45) is 5.35. The number of aromatic amines is 1. The molecule has 2 saturated heterocycles.